The minimum Gasteiger partial charge on any atom is -0.481 e. The van der Waals surface area contributed by atoms with Crippen LogP contribution >= 0.6 is 0 Å². The lowest BCUT2D eigenvalue weighted by molar-refractivity contribution is -0.145. The van der Waals surface area contributed by atoms with Crippen LogP contribution in [0.25, 0.3) is 0 Å². The normalized spacial score (nSPS) is 15.8. The quantitative estimate of drug-likeness (QED) is 0.0656. The first kappa shape index (κ1) is 35.5. The van der Waals surface area contributed by atoms with E-state index in [2.05, 4.69) is 20.9 Å². The van der Waals surface area contributed by atoms with Gasteiger partial charge in [0.05, 0.1) is 12.5 Å². The number of carbonyl (C=O) groups excluding carboxylic acids is 5. The smallest absolute Gasteiger partial charge is 0.408 e. The number of rotatable bonds is 15. The number of benzene rings is 1. The van der Waals surface area contributed by atoms with Gasteiger partial charge < -0.3 is 42.2 Å². The molecule has 0 radical (unpaired) electrons. The minimum absolute atomic E-state index is 0.0377. The summed E-state index contributed by atoms with van der Waals surface area (Å²) in [6.45, 7) is 5.30. The molecule has 1 aliphatic heterocycles. The maximum Gasteiger partial charge on any atom is 0.408 e. The molecule has 8 N–H and O–H groups in total. The largest absolute Gasteiger partial charge is 0.481 e. The SMILES string of the molecule is CC(C)(C)OC(=O)N[C@@H](CC(=O)O)C(=O)N1CCC[C@H]1C(=O)N[C@@H](CCCN=C(N)N)C(=O)C(=O)NCCc1ccccc1. The summed E-state index contributed by atoms with van der Waals surface area (Å²) < 4.78 is 5.16. The van der Waals surface area contributed by atoms with Crippen molar-refractivity contribution >= 4 is 41.5 Å². The van der Waals surface area contributed by atoms with E-state index in [-0.39, 0.29) is 44.9 Å². The van der Waals surface area contributed by atoms with Crippen molar-refractivity contribution in [1.29, 1.82) is 0 Å². The van der Waals surface area contributed by atoms with Crippen LogP contribution in [0.1, 0.15) is 58.4 Å². The molecule has 0 saturated carbocycles. The van der Waals surface area contributed by atoms with Gasteiger partial charge in [0.15, 0.2) is 5.96 Å². The predicted octanol–water partition coefficient (Wildman–Crippen LogP) is -0.188. The van der Waals surface area contributed by atoms with Crippen LogP contribution in [-0.4, -0.2) is 94.9 Å². The summed E-state index contributed by atoms with van der Waals surface area (Å²) in [6, 6.07) is 5.57. The van der Waals surface area contributed by atoms with E-state index in [4.69, 9.17) is 16.2 Å². The lowest BCUT2D eigenvalue weighted by Gasteiger charge is -2.29. The van der Waals surface area contributed by atoms with E-state index in [1.54, 1.807) is 20.8 Å². The zero-order valence-electron chi connectivity index (χ0n) is 25.3. The highest BCUT2D eigenvalue weighted by Gasteiger charge is 2.40. The summed E-state index contributed by atoms with van der Waals surface area (Å²) in [5.74, 6) is -4.72. The molecule has 242 valence electrons. The van der Waals surface area contributed by atoms with E-state index in [1.807, 2.05) is 30.3 Å². The molecule has 0 aliphatic carbocycles. The van der Waals surface area contributed by atoms with Gasteiger partial charge in [-0.3, -0.25) is 29.0 Å². The Kier molecular flexibility index (Phi) is 13.6. The monoisotopic (exact) mass is 617 g/mol. The van der Waals surface area contributed by atoms with Gasteiger partial charge in [-0.2, -0.15) is 0 Å². The van der Waals surface area contributed by atoms with Crippen molar-refractivity contribution in [3.8, 4) is 0 Å². The number of nitrogens with one attached hydrogen (secondary N) is 3. The van der Waals surface area contributed by atoms with E-state index < -0.39 is 65.7 Å². The van der Waals surface area contributed by atoms with Crippen LogP contribution in [0, 0.1) is 0 Å². The number of Topliss-reactive ketones (excluding diaryl/α,β-unsaturated/α-hetero) is 1. The second-order valence-electron chi connectivity index (χ2n) is 11.4. The van der Waals surface area contributed by atoms with E-state index in [0.29, 0.717) is 12.8 Å². The molecule has 44 heavy (non-hydrogen) atoms. The van der Waals surface area contributed by atoms with E-state index >= 15 is 0 Å². The third-order valence-corrected chi connectivity index (χ3v) is 6.55. The highest BCUT2D eigenvalue weighted by molar-refractivity contribution is 6.38. The number of aliphatic carboxylic acids is 1. The first-order valence-electron chi connectivity index (χ1n) is 14.4. The lowest BCUT2D eigenvalue weighted by Crippen LogP contribution is -2.56. The standard InChI is InChI=1S/C29H43N7O8/c1-29(2,3)44-28(43)35-20(17-22(37)38)26(42)36-16-8-12-21(36)24(40)34-19(11-7-14-33-27(30)31)23(39)25(41)32-15-13-18-9-5-4-6-10-18/h4-6,9-10,19-21H,7-8,11-17H2,1-3H3,(H,32,41)(H,34,40)(H,35,43)(H,37,38)(H4,30,31,33)/t19-,20-,21-/m0/s1. The van der Waals surface area contributed by atoms with Crippen molar-refractivity contribution in [2.24, 2.45) is 16.5 Å². The van der Waals surface area contributed by atoms with Crippen molar-refractivity contribution in [3.05, 3.63) is 35.9 Å². The first-order chi connectivity index (χ1) is 20.7. The molecule has 1 aromatic rings. The van der Waals surface area contributed by atoms with Crippen LogP contribution in [-0.2, 0) is 35.1 Å². The molecule has 4 amide bonds. The first-order valence-corrected chi connectivity index (χ1v) is 14.4. The highest BCUT2D eigenvalue weighted by Crippen LogP contribution is 2.20. The summed E-state index contributed by atoms with van der Waals surface area (Å²) in [7, 11) is 0. The van der Waals surface area contributed by atoms with Crippen molar-refractivity contribution in [3.63, 3.8) is 0 Å². The molecule has 15 nitrogen and oxygen atoms in total. The molecule has 1 aliphatic rings. The zero-order valence-corrected chi connectivity index (χ0v) is 25.3. The summed E-state index contributed by atoms with van der Waals surface area (Å²) in [5.41, 5.74) is 10.8. The lowest BCUT2D eigenvalue weighted by atomic mass is 10.0. The fourth-order valence-corrected chi connectivity index (χ4v) is 4.58. The topological polar surface area (TPSA) is 236 Å². The third-order valence-electron chi connectivity index (χ3n) is 6.55. The Morgan fingerprint density at radius 1 is 1.07 bits per heavy atom. The average Bonchev–Trinajstić information content (AvgIpc) is 3.43. The number of guanidine groups is 1. The van der Waals surface area contributed by atoms with E-state index in [9.17, 15) is 33.9 Å². The maximum atomic E-state index is 13.4. The number of nitrogens with zero attached hydrogens (tertiary/aromatic N) is 2. The van der Waals surface area contributed by atoms with Gasteiger partial charge in [0.2, 0.25) is 17.6 Å². The fraction of sp³-hybridized carbons (Fsp3) is 0.552. The van der Waals surface area contributed by atoms with Crippen molar-refractivity contribution in [2.75, 3.05) is 19.6 Å². The molecule has 1 heterocycles. The second kappa shape index (κ2) is 16.8. The molecule has 0 unspecified atom stereocenters. The van der Waals surface area contributed by atoms with Crippen LogP contribution in [0.2, 0.25) is 0 Å². The Morgan fingerprint density at radius 3 is 2.36 bits per heavy atom. The predicted molar refractivity (Wildman–Crippen MR) is 160 cm³/mol. The van der Waals surface area contributed by atoms with Crippen LogP contribution in [0.5, 0.6) is 0 Å². The van der Waals surface area contributed by atoms with Crippen molar-refractivity contribution in [2.45, 2.75) is 83.0 Å². The van der Waals surface area contributed by atoms with E-state index in [1.165, 1.54) is 4.90 Å². The highest BCUT2D eigenvalue weighted by atomic mass is 16.6. The maximum absolute atomic E-state index is 13.4. The number of ketones is 1. The number of alkyl carbamates (subject to hydrolysis) is 1. The minimum atomic E-state index is -1.50. The van der Waals surface area contributed by atoms with Gasteiger partial charge in [-0.05, 0) is 58.4 Å². The van der Waals surface area contributed by atoms with Gasteiger partial charge in [0, 0.05) is 19.6 Å². The Labute approximate surface area is 256 Å². The van der Waals surface area contributed by atoms with Gasteiger partial charge in [-0.15, -0.1) is 0 Å². The molecule has 0 aromatic heterocycles. The molecule has 1 fully saturated rings. The Morgan fingerprint density at radius 2 is 1.75 bits per heavy atom. The van der Waals surface area contributed by atoms with Gasteiger partial charge >= 0.3 is 12.1 Å². The van der Waals surface area contributed by atoms with E-state index in [0.717, 1.165) is 5.56 Å². The molecule has 1 aromatic carbocycles. The summed E-state index contributed by atoms with van der Waals surface area (Å²) in [4.78, 5) is 81.5. The van der Waals surface area contributed by atoms with Crippen molar-refractivity contribution in [1.82, 2.24) is 20.9 Å². The fourth-order valence-electron chi connectivity index (χ4n) is 4.58. The van der Waals surface area contributed by atoms with Gasteiger partial charge in [0.25, 0.3) is 5.91 Å². The number of likely N-dealkylation sites (tertiary alicyclic amines) is 1. The molecule has 15 heteroatoms. The number of ether oxygens (including phenoxy) is 1. The molecular formula is C29H43N7O8. The number of hydrogen-bond donors (Lipinski definition) is 6. The van der Waals surface area contributed by atoms with Crippen LogP contribution in [0.15, 0.2) is 35.3 Å². The molecular weight excluding hydrogens is 574 g/mol. The molecule has 0 spiro atoms. The Balaban J connectivity index is 2.13. The summed E-state index contributed by atoms with van der Waals surface area (Å²) >= 11 is 0. The number of nitrogens with two attached hydrogens (primary N) is 2. The van der Waals surface area contributed by atoms with Crippen LogP contribution < -0.4 is 27.4 Å². The second-order valence-corrected chi connectivity index (χ2v) is 11.4. The number of carboxylic acid groups (broad SMARTS) is 1. The number of amides is 4. The molecule has 2 rings (SSSR count). The number of carboxylic acids is 1. The van der Waals surface area contributed by atoms with Gasteiger partial charge in [-0.25, -0.2) is 4.79 Å². The summed E-state index contributed by atoms with van der Waals surface area (Å²) in [6.07, 6.45) is -0.286. The van der Waals surface area contributed by atoms with Gasteiger partial charge in [-0.1, -0.05) is 30.3 Å². The molecule has 0 bridgehead atoms. The average molecular weight is 618 g/mol. The zero-order chi connectivity index (χ0) is 32.9. The molecule has 1 saturated heterocycles. The van der Waals surface area contributed by atoms with Crippen molar-refractivity contribution < 1.29 is 38.6 Å². The van der Waals surface area contributed by atoms with Crippen LogP contribution in [0.3, 0.4) is 0 Å². The summed E-state index contributed by atoms with van der Waals surface area (Å²) in [5, 5.41) is 16.8. The third kappa shape index (κ3) is 12.3. The number of hydrogen-bond acceptors (Lipinski definition) is 8. The number of aliphatic imine (C=N–C) groups is 1. The van der Waals surface area contributed by atoms with Crippen LogP contribution in [0.4, 0.5) is 4.79 Å². The Hall–Kier alpha value is -4.69. The Bertz CT molecular complexity index is 1210. The molecule has 3 atom stereocenters. The van der Waals surface area contributed by atoms with Gasteiger partial charge in [0.1, 0.15) is 17.7 Å². The number of carbonyl (C=O) groups is 6.